The summed E-state index contributed by atoms with van der Waals surface area (Å²) in [6, 6.07) is 7.93. The first-order valence-corrected chi connectivity index (χ1v) is 9.87. The molecule has 1 N–H and O–H groups in total. The first kappa shape index (κ1) is 17.2. The molecule has 1 amide bonds. The molecule has 8 heteroatoms. The Bertz CT molecular complexity index is 844. The summed E-state index contributed by atoms with van der Waals surface area (Å²) < 4.78 is 24.0. The molecule has 116 valence electrons. The zero-order chi connectivity index (χ0) is 16.3. The maximum atomic E-state index is 11.9. The molecule has 0 aliphatic carbocycles. The predicted octanol–water partition coefficient (Wildman–Crippen LogP) is 4.22. The van der Waals surface area contributed by atoms with Gasteiger partial charge in [0.1, 0.15) is 0 Å². The number of nitrogens with one attached hydrogen (secondary N) is 1. The van der Waals surface area contributed by atoms with Crippen LogP contribution in [0.25, 0.3) is 6.08 Å². The van der Waals surface area contributed by atoms with Crippen LogP contribution in [0.4, 0.5) is 5.69 Å². The third-order valence-electron chi connectivity index (χ3n) is 2.62. The number of sulfone groups is 1. The second-order valence-electron chi connectivity index (χ2n) is 4.38. The van der Waals surface area contributed by atoms with Crippen LogP contribution in [0, 0.1) is 0 Å². The molecule has 22 heavy (non-hydrogen) atoms. The highest BCUT2D eigenvalue weighted by Crippen LogP contribution is 2.26. The molecule has 0 aliphatic heterocycles. The van der Waals surface area contributed by atoms with Crippen LogP contribution >= 0.6 is 38.9 Å². The molecular formula is C14H11BrClNO3S2. The van der Waals surface area contributed by atoms with Gasteiger partial charge in [-0.3, -0.25) is 4.79 Å². The van der Waals surface area contributed by atoms with E-state index in [0.29, 0.717) is 0 Å². The Morgan fingerprint density at radius 1 is 1.32 bits per heavy atom. The van der Waals surface area contributed by atoms with E-state index in [-0.39, 0.29) is 15.6 Å². The predicted molar refractivity (Wildman–Crippen MR) is 94.2 cm³/mol. The largest absolute Gasteiger partial charge is 0.321 e. The molecule has 0 spiro atoms. The number of hydrogen-bond donors (Lipinski definition) is 1. The lowest BCUT2D eigenvalue weighted by Gasteiger charge is -2.07. The van der Waals surface area contributed by atoms with Gasteiger partial charge in [-0.25, -0.2) is 8.42 Å². The zero-order valence-corrected chi connectivity index (χ0v) is 15.3. The van der Waals surface area contributed by atoms with Gasteiger partial charge in [0.2, 0.25) is 5.91 Å². The Kier molecular flexibility index (Phi) is 5.44. The zero-order valence-electron chi connectivity index (χ0n) is 11.3. The fourth-order valence-electron chi connectivity index (χ4n) is 1.58. The van der Waals surface area contributed by atoms with Crippen LogP contribution < -0.4 is 5.32 Å². The lowest BCUT2D eigenvalue weighted by Crippen LogP contribution is -2.09. The smallest absolute Gasteiger partial charge is 0.248 e. The van der Waals surface area contributed by atoms with Crippen molar-refractivity contribution in [3.05, 3.63) is 50.1 Å². The maximum absolute atomic E-state index is 11.9. The molecule has 2 aromatic rings. The summed E-state index contributed by atoms with van der Waals surface area (Å²) in [6.45, 7) is 0. The van der Waals surface area contributed by atoms with Crippen molar-refractivity contribution >= 4 is 66.4 Å². The number of carbonyl (C=O) groups excluding carboxylic acids is 1. The summed E-state index contributed by atoms with van der Waals surface area (Å²) in [5, 5.41) is 2.84. The van der Waals surface area contributed by atoms with Crippen molar-refractivity contribution in [3.63, 3.8) is 0 Å². The van der Waals surface area contributed by atoms with Crippen molar-refractivity contribution in [3.8, 4) is 0 Å². The fraction of sp³-hybridized carbons (Fsp3) is 0.0714. The van der Waals surface area contributed by atoms with E-state index in [1.165, 1.54) is 35.6 Å². The number of halogens is 2. The topological polar surface area (TPSA) is 63.2 Å². The Labute approximate surface area is 145 Å². The van der Waals surface area contributed by atoms with Crippen molar-refractivity contribution in [1.29, 1.82) is 0 Å². The highest BCUT2D eigenvalue weighted by Gasteiger charge is 2.11. The highest BCUT2D eigenvalue weighted by molar-refractivity contribution is 9.11. The molecule has 4 nitrogen and oxygen atoms in total. The second kappa shape index (κ2) is 6.95. The number of carbonyl (C=O) groups is 1. The molecule has 0 saturated carbocycles. The summed E-state index contributed by atoms with van der Waals surface area (Å²) >= 11 is 10.8. The van der Waals surface area contributed by atoms with Gasteiger partial charge in [0.15, 0.2) is 9.84 Å². The molecular weight excluding hydrogens is 410 g/mol. The molecule has 0 radical (unpaired) electrons. The molecule has 0 aliphatic rings. The summed E-state index contributed by atoms with van der Waals surface area (Å²) in [6.07, 6.45) is 4.12. The highest BCUT2D eigenvalue weighted by atomic mass is 79.9. The average molecular weight is 421 g/mol. The molecule has 0 bridgehead atoms. The van der Waals surface area contributed by atoms with Crippen molar-refractivity contribution in [2.75, 3.05) is 11.6 Å². The van der Waals surface area contributed by atoms with Gasteiger partial charge in [-0.05, 0) is 52.3 Å². The Morgan fingerprint density at radius 2 is 2.05 bits per heavy atom. The van der Waals surface area contributed by atoms with Crippen LogP contribution in [0.15, 0.2) is 45.1 Å². The van der Waals surface area contributed by atoms with Crippen LogP contribution in [0.5, 0.6) is 0 Å². The maximum Gasteiger partial charge on any atom is 0.248 e. The van der Waals surface area contributed by atoms with Crippen molar-refractivity contribution in [1.82, 2.24) is 0 Å². The molecule has 0 fully saturated rings. The van der Waals surface area contributed by atoms with Crippen LogP contribution in [-0.2, 0) is 14.6 Å². The van der Waals surface area contributed by atoms with Crippen LogP contribution in [-0.4, -0.2) is 20.6 Å². The lowest BCUT2D eigenvalue weighted by molar-refractivity contribution is -0.111. The van der Waals surface area contributed by atoms with Gasteiger partial charge < -0.3 is 5.32 Å². The fourth-order valence-corrected chi connectivity index (χ4v) is 3.72. The third-order valence-corrected chi connectivity index (χ3v) is 5.65. The Hall–Kier alpha value is -1.15. The molecule has 0 unspecified atom stereocenters. The Morgan fingerprint density at radius 3 is 2.64 bits per heavy atom. The average Bonchev–Trinajstić information content (AvgIpc) is 2.83. The number of rotatable bonds is 4. The molecule has 1 aromatic heterocycles. The first-order valence-electron chi connectivity index (χ1n) is 6.00. The van der Waals surface area contributed by atoms with Crippen molar-refractivity contribution < 1.29 is 13.2 Å². The summed E-state index contributed by atoms with van der Waals surface area (Å²) in [5.74, 6) is -0.392. The quantitative estimate of drug-likeness (QED) is 0.753. The number of benzene rings is 1. The van der Waals surface area contributed by atoms with E-state index in [1.807, 2.05) is 12.1 Å². The number of hydrogen-bond acceptors (Lipinski definition) is 4. The summed E-state index contributed by atoms with van der Waals surface area (Å²) in [5.41, 5.74) is 0.256. The minimum absolute atomic E-state index is 0.0957. The minimum Gasteiger partial charge on any atom is -0.321 e. The van der Waals surface area contributed by atoms with E-state index in [0.717, 1.165) is 14.9 Å². The van der Waals surface area contributed by atoms with Crippen LogP contribution in [0.3, 0.4) is 0 Å². The van der Waals surface area contributed by atoms with Gasteiger partial charge in [0, 0.05) is 17.2 Å². The first-order chi connectivity index (χ1) is 10.3. The van der Waals surface area contributed by atoms with E-state index in [1.54, 1.807) is 6.08 Å². The Balaban J connectivity index is 2.16. The number of anilines is 1. The van der Waals surface area contributed by atoms with Crippen LogP contribution in [0.2, 0.25) is 5.02 Å². The second-order valence-corrected chi connectivity index (χ2v) is 9.30. The third kappa shape index (κ3) is 4.67. The van der Waals surface area contributed by atoms with Crippen LogP contribution in [0.1, 0.15) is 4.88 Å². The van der Waals surface area contributed by atoms with E-state index in [2.05, 4.69) is 21.2 Å². The van der Waals surface area contributed by atoms with Gasteiger partial charge in [0.25, 0.3) is 0 Å². The van der Waals surface area contributed by atoms with Crippen molar-refractivity contribution in [2.24, 2.45) is 0 Å². The molecule has 1 aromatic carbocycles. The number of amides is 1. The standard InChI is InChI=1S/C14H11BrClNO3S2/c1-22(19,20)10-4-5-11(16)12(8-10)17-14(18)7-3-9-2-6-13(15)21-9/h2-8H,1H3,(H,17,18)/b7-3+. The molecule has 2 rings (SSSR count). The van der Waals surface area contributed by atoms with Gasteiger partial charge in [0.05, 0.1) is 19.4 Å². The van der Waals surface area contributed by atoms with Gasteiger partial charge in [-0.2, -0.15) is 0 Å². The minimum atomic E-state index is -3.36. The van der Waals surface area contributed by atoms with Gasteiger partial charge in [-0.15, -0.1) is 11.3 Å². The summed E-state index contributed by atoms with van der Waals surface area (Å²) in [7, 11) is -3.36. The van der Waals surface area contributed by atoms with Gasteiger partial charge >= 0.3 is 0 Å². The lowest BCUT2D eigenvalue weighted by atomic mass is 10.3. The summed E-state index contributed by atoms with van der Waals surface area (Å²) in [4.78, 5) is 12.9. The van der Waals surface area contributed by atoms with E-state index >= 15 is 0 Å². The van der Waals surface area contributed by atoms with Gasteiger partial charge in [-0.1, -0.05) is 11.6 Å². The molecule has 0 saturated heterocycles. The SMILES string of the molecule is CS(=O)(=O)c1ccc(Cl)c(NC(=O)/C=C/c2ccc(Br)s2)c1. The molecule has 0 atom stereocenters. The molecule has 1 heterocycles. The normalized spacial score (nSPS) is 11.8. The monoisotopic (exact) mass is 419 g/mol. The number of thiophene rings is 1. The van der Waals surface area contributed by atoms with E-state index < -0.39 is 15.7 Å². The van der Waals surface area contributed by atoms with Crippen molar-refractivity contribution in [2.45, 2.75) is 4.90 Å². The van der Waals surface area contributed by atoms with E-state index in [9.17, 15) is 13.2 Å². The van der Waals surface area contributed by atoms with E-state index in [4.69, 9.17) is 11.6 Å².